The van der Waals surface area contributed by atoms with E-state index in [1.807, 2.05) is 49.9 Å². The summed E-state index contributed by atoms with van der Waals surface area (Å²) in [5, 5.41) is 3.05. The third-order valence-electron chi connectivity index (χ3n) is 4.63. The fraction of sp³-hybridized carbons (Fsp3) is 0.556. The molecule has 1 saturated heterocycles. The molecule has 0 bridgehead atoms. The van der Waals surface area contributed by atoms with Gasteiger partial charge < -0.3 is 16.0 Å². The summed E-state index contributed by atoms with van der Waals surface area (Å²) in [6.07, 6.45) is 1.57. The van der Waals surface area contributed by atoms with E-state index < -0.39 is 0 Å². The molecule has 3 N–H and O–H groups in total. The van der Waals surface area contributed by atoms with Crippen molar-refractivity contribution in [1.29, 1.82) is 0 Å². The lowest BCUT2D eigenvalue weighted by Crippen LogP contribution is -2.49. The number of nitrogens with one attached hydrogen (secondary N) is 1. The molecule has 2 rings (SSSR count). The van der Waals surface area contributed by atoms with Crippen LogP contribution in [0.5, 0.6) is 0 Å². The Bertz CT molecular complexity index is 546. The molecule has 0 aromatic heterocycles. The van der Waals surface area contributed by atoms with E-state index in [0.717, 1.165) is 24.0 Å². The summed E-state index contributed by atoms with van der Waals surface area (Å²) in [5.74, 6) is -0.121. The molecule has 1 fully saturated rings. The molecule has 2 amide bonds. The Morgan fingerprint density at radius 2 is 1.74 bits per heavy atom. The van der Waals surface area contributed by atoms with E-state index in [1.165, 1.54) is 0 Å². The second kappa shape index (κ2) is 7.59. The molecule has 0 aliphatic carbocycles. The highest BCUT2D eigenvalue weighted by molar-refractivity contribution is 5.94. The van der Waals surface area contributed by atoms with Crippen molar-refractivity contribution in [1.82, 2.24) is 10.2 Å². The summed E-state index contributed by atoms with van der Waals surface area (Å²) in [4.78, 5) is 26.4. The van der Waals surface area contributed by atoms with E-state index >= 15 is 0 Å². The lowest BCUT2D eigenvalue weighted by Gasteiger charge is -2.33. The smallest absolute Gasteiger partial charge is 0.253 e. The zero-order chi connectivity index (χ0) is 17.0. The molecule has 1 aromatic carbocycles. The van der Waals surface area contributed by atoms with E-state index in [4.69, 9.17) is 5.73 Å². The highest BCUT2D eigenvalue weighted by Gasteiger charge is 2.26. The summed E-state index contributed by atoms with van der Waals surface area (Å²) >= 11 is 0. The summed E-state index contributed by atoms with van der Waals surface area (Å²) < 4.78 is 0. The quantitative estimate of drug-likeness (QED) is 0.887. The van der Waals surface area contributed by atoms with Gasteiger partial charge in [0.2, 0.25) is 5.91 Å². The minimum absolute atomic E-state index is 0.00307. The maximum Gasteiger partial charge on any atom is 0.253 e. The lowest BCUT2D eigenvalue weighted by molar-refractivity contribution is -0.125. The minimum atomic E-state index is -0.192. The van der Waals surface area contributed by atoms with Crippen LogP contribution in [0, 0.1) is 12.8 Å². The first-order valence-corrected chi connectivity index (χ1v) is 8.30. The van der Waals surface area contributed by atoms with Crippen molar-refractivity contribution < 1.29 is 9.59 Å². The number of likely N-dealkylation sites (tertiary alicyclic amines) is 1. The molecule has 2 unspecified atom stereocenters. The summed E-state index contributed by atoms with van der Waals surface area (Å²) in [6, 6.07) is 7.63. The van der Waals surface area contributed by atoms with Crippen LogP contribution in [0.25, 0.3) is 0 Å². The SMILES string of the molecule is Cc1ccc(C(=O)N2CCC(NC(=O)C(C)C(C)N)CC2)cc1. The van der Waals surface area contributed by atoms with Gasteiger partial charge in [-0.25, -0.2) is 0 Å². The molecule has 5 heteroatoms. The van der Waals surface area contributed by atoms with Gasteiger partial charge >= 0.3 is 0 Å². The third-order valence-corrected chi connectivity index (χ3v) is 4.63. The maximum absolute atomic E-state index is 12.5. The van der Waals surface area contributed by atoms with E-state index in [0.29, 0.717) is 13.1 Å². The van der Waals surface area contributed by atoms with Crippen LogP contribution < -0.4 is 11.1 Å². The molecule has 126 valence electrons. The second-order valence-corrected chi connectivity index (χ2v) is 6.59. The predicted octanol–water partition coefficient (Wildman–Crippen LogP) is 1.70. The molecular weight excluding hydrogens is 290 g/mol. The van der Waals surface area contributed by atoms with Gasteiger partial charge in [0.25, 0.3) is 5.91 Å². The van der Waals surface area contributed by atoms with Crippen LogP contribution in [-0.2, 0) is 4.79 Å². The molecule has 5 nitrogen and oxygen atoms in total. The Kier molecular flexibility index (Phi) is 5.77. The number of hydrogen-bond acceptors (Lipinski definition) is 3. The van der Waals surface area contributed by atoms with Crippen LogP contribution in [0.2, 0.25) is 0 Å². The van der Waals surface area contributed by atoms with Gasteiger partial charge in [0, 0.05) is 36.7 Å². The molecule has 0 spiro atoms. The molecule has 1 aliphatic heterocycles. The average molecular weight is 317 g/mol. The van der Waals surface area contributed by atoms with Crippen LogP contribution in [-0.4, -0.2) is 41.9 Å². The molecular formula is C18H27N3O2. The standard InChI is InChI=1S/C18H27N3O2/c1-12-4-6-15(7-5-12)18(23)21-10-8-16(9-11-21)20-17(22)13(2)14(3)19/h4-7,13-14,16H,8-11,19H2,1-3H3,(H,20,22). The second-order valence-electron chi connectivity index (χ2n) is 6.59. The largest absolute Gasteiger partial charge is 0.353 e. The van der Waals surface area contributed by atoms with Gasteiger partial charge in [-0.15, -0.1) is 0 Å². The number of hydrogen-bond donors (Lipinski definition) is 2. The van der Waals surface area contributed by atoms with Crippen LogP contribution in [0.1, 0.15) is 42.6 Å². The molecule has 1 aliphatic rings. The number of nitrogens with zero attached hydrogens (tertiary/aromatic N) is 1. The number of nitrogens with two attached hydrogens (primary N) is 1. The van der Waals surface area contributed by atoms with Gasteiger partial charge in [-0.1, -0.05) is 24.6 Å². The zero-order valence-electron chi connectivity index (χ0n) is 14.2. The molecule has 1 heterocycles. The van der Waals surface area contributed by atoms with Gasteiger partial charge in [-0.3, -0.25) is 9.59 Å². The Labute approximate surface area is 138 Å². The van der Waals surface area contributed by atoms with Crippen molar-refractivity contribution in [2.45, 2.75) is 45.7 Å². The van der Waals surface area contributed by atoms with Crippen molar-refractivity contribution in [3.05, 3.63) is 35.4 Å². The van der Waals surface area contributed by atoms with Gasteiger partial charge in [-0.2, -0.15) is 0 Å². The van der Waals surface area contributed by atoms with Crippen molar-refractivity contribution in [2.24, 2.45) is 11.7 Å². The molecule has 0 saturated carbocycles. The van der Waals surface area contributed by atoms with Crippen LogP contribution >= 0.6 is 0 Å². The Hall–Kier alpha value is -1.88. The topological polar surface area (TPSA) is 75.4 Å². The van der Waals surface area contributed by atoms with E-state index in [9.17, 15) is 9.59 Å². The van der Waals surface area contributed by atoms with Crippen LogP contribution in [0.4, 0.5) is 0 Å². The average Bonchev–Trinajstić information content (AvgIpc) is 2.54. The first-order valence-electron chi connectivity index (χ1n) is 8.30. The van der Waals surface area contributed by atoms with Crippen molar-refractivity contribution in [2.75, 3.05) is 13.1 Å². The maximum atomic E-state index is 12.5. The molecule has 1 aromatic rings. The molecule has 0 radical (unpaired) electrons. The Balaban J connectivity index is 1.85. The zero-order valence-corrected chi connectivity index (χ0v) is 14.2. The fourth-order valence-electron chi connectivity index (χ4n) is 2.68. The first-order chi connectivity index (χ1) is 10.9. The molecule has 23 heavy (non-hydrogen) atoms. The van der Waals surface area contributed by atoms with Gasteiger partial charge in [-0.05, 0) is 38.8 Å². The number of amides is 2. The van der Waals surface area contributed by atoms with E-state index in [2.05, 4.69) is 5.32 Å². The summed E-state index contributed by atoms with van der Waals surface area (Å²) in [5.41, 5.74) is 7.64. The summed E-state index contributed by atoms with van der Waals surface area (Å²) in [7, 11) is 0. The van der Waals surface area contributed by atoms with Gasteiger partial charge in [0.1, 0.15) is 0 Å². The fourth-order valence-corrected chi connectivity index (χ4v) is 2.68. The minimum Gasteiger partial charge on any atom is -0.353 e. The summed E-state index contributed by atoms with van der Waals surface area (Å²) in [6.45, 7) is 7.03. The van der Waals surface area contributed by atoms with Gasteiger partial charge in [0.05, 0.1) is 0 Å². The van der Waals surface area contributed by atoms with Gasteiger partial charge in [0.15, 0.2) is 0 Å². The number of aryl methyl sites for hydroxylation is 1. The number of piperidine rings is 1. The number of carbonyl (C=O) groups excluding carboxylic acids is 2. The van der Waals surface area contributed by atoms with Crippen LogP contribution in [0.3, 0.4) is 0 Å². The Morgan fingerprint density at radius 3 is 2.26 bits per heavy atom. The van der Waals surface area contributed by atoms with Crippen molar-refractivity contribution in [3.63, 3.8) is 0 Å². The first kappa shape index (κ1) is 17.5. The normalized spacial score (nSPS) is 18.3. The van der Waals surface area contributed by atoms with E-state index in [1.54, 1.807) is 0 Å². The van der Waals surface area contributed by atoms with Crippen molar-refractivity contribution >= 4 is 11.8 Å². The highest BCUT2D eigenvalue weighted by Crippen LogP contribution is 2.15. The molecule has 2 atom stereocenters. The third kappa shape index (κ3) is 4.55. The highest BCUT2D eigenvalue weighted by atomic mass is 16.2. The van der Waals surface area contributed by atoms with E-state index in [-0.39, 0.29) is 29.8 Å². The Morgan fingerprint density at radius 1 is 1.17 bits per heavy atom. The number of carbonyl (C=O) groups is 2. The van der Waals surface area contributed by atoms with Crippen molar-refractivity contribution in [3.8, 4) is 0 Å². The van der Waals surface area contributed by atoms with Crippen LogP contribution in [0.15, 0.2) is 24.3 Å². The lowest BCUT2D eigenvalue weighted by atomic mass is 10.00. The number of benzene rings is 1. The predicted molar refractivity (Wildman–Crippen MR) is 91.1 cm³/mol. The number of rotatable bonds is 4. The monoisotopic (exact) mass is 317 g/mol.